The van der Waals surface area contributed by atoms with E-state index >= 15 is 0 Å². The van der Waals surface area contributed by atoms with Gasteiger partial charge in [0, 0.05) is 6.42 Å². The van der Waals surface area contributed by atoms with Gasteiger partial charge in [-0.05, 0) is 19.8 Å². The van der Waals surface area contributed by atoms with E-state index in [0.29, 0.717) is 12.8 Å². The summed E-state index contributed by atoms with van der Waals surface area (Å²) in [6.45, 7) is 5.01. The minimum absolute atomic E-state index is 0.191. The van der Waals surface area contributed by atoms with Gasteiger partial charge in [-0.15, -0.1) is 0 Å². The highest BCUT2D eigenvalue weighted by atomic mass is 16.4. The molecule has 0 saturated heterocycles. The van der Waals surface area contributed by atoms with Crippen molar-refractivity contribution < 1.29 is 9.90 Å². The predicted octanol–water partition coefficient (Wildman–Crippen LogP) is 0.952. The van der Waals surface area contributed by atoms with Gasteiger partial charge in [0.15, 0.2) is 0 Å². The lowest BCUT2D eigenvalue weighted by Gasteiger charge is -1.85. The van der Waals surface area contributed by atoms with Crippen LogP contribution in [0.25, 0.3) is 0 Å². The fraction of sp³-hybridized carbons (Fsp3) is 0.600. The average Bonchev–Trinajstić information content (AvgIpc) is 1.61. The molecule has 0 rings (SSSR count). The van der Waals surface area contributed by atoms with Gasteiger partial charge in [-0.2, -0.15) is 0 Å². The van der Waals surface area contributed by atoms with Gasteiger partial charge in [0.05, 0.1) is 0 Å². The van der Waals surface area contributed by atoms with Gasteiger partial charge >= 0.3 is 5.97 Å². The Hall–Kier alpha value is -0.530. The normalized spacial score (nSPS) is 8.71. The molecule has 0 fully saturated rings. The molecule has 2 nitrogen and oxygen atoms in total. The third-order valence-corrected chi connectivity index (χ3v) is 0.595. The molecule has 0 saturated carbocycles. The SMILES string of the molecule is [CH]CCCC(=O)O. The lowest BCUT2D eigenvalue weighted by molar-refractivity contribution is -0.137. The standard InChI is InChI=1S/C5H8O2/c1-2-3-4-5(6)7/h1H,2-4H2,(H,6,7). The first kappa shape index (κ1) is 6.47. The lowest BCUT2D eigenvalue weighted by Crippen LogP contribution is -1.91. The molecule has 40 valence electrons. The van der Waals surface area contributed by atoms with Crippen LogP contribution < -0.4 is 0 Å². The number of unbranched alkanes of at least 4 members (excludes halogenated alkanes) is 1. The zero-order chi connectivity index (χ0) is 5.70. The molecule has 0 amide bonds. The van der Waals surface area contributed by atoms with Gasteiger partial charge in [0.25, 0.3) is 0 Å². The first-order chi connectivity index (χ1) is 3.27. The summed E-state index contributed by atoms with van der Waals surface area (Å²) in [6.07, 6.45) is 1.23. The number of carbonyl (C=O) groups is 1. The molecule has 0 aromatic heterocycles. The minimum Gasteiger partial charge on any atom is -0.481 e. The number of hydrogen-bond acceptors (Lipinski definition) is 1. The number of rotatable bonds is 3. The molecular formula is C5H8O2. The zero-order valence-corrected chi connectivity index (χ0v) is 4.05. The number of aliphatic carboxylic acids is 1. The Kier molecular flexibility index (Phi) is 3.38. The van der Waals surface area contributed by atoms with Crippen molar-refractivity contribution in [2.24, 2.45) is 0 Å². The van der Waals surface area contributed by atoms with Crippen molar-refractivity contribution in [2.45, 2.75) is 19.3 Å². The largest absolute Gasteiger partial charge is 0.481 e. The molecule has 0 heterocycles. The second kappa shape index (κ2) is 3.65. The Bertz CT molecular complexity index is 59.1. The smallest absolute Gasteiger partial charge is 0.303 e. The summed E-state index contributed by atoms with van der Waals surface area (Å²) in [7, 11) is 0. The molecule has 0 aromatic carbocycles. The van der Waals surface area contributed by atoms with Crippen LogP contribution in [0.5, 0.6) is 0 Å². The maximum absolute atomic E-state index is 9.70. The van der Waals surface area contributed by atoms with Crippen LogP contribution in [0, 0.1) is 6.92 Å². The molecule has 0 aliphatic rings. The summed E-state index contributed by atoms with van der Waals surface area (Å²) in [5.41, 5.74) is 0. The van der Waals surface area contributed by atoms with E-state index in [9.17, 15) is 4.79 Å². The van der Waals surface area contributed by atoms with Gasteiger partial charge in [0.2, 0.25) is 0 Å². The molecule has 0 aliphatic carbocycles. The molecule has 0 spiro atoms. The van der Waals surface area contributed by atoms with Crippen molar-refractivity contribution >= 4 is 5.97 Å². The number of carboxylic acid groups (broad SMARTS) is 1. The van der Waals surface area contributed by atoms with E-state index in [1.54, 1.807) is 0 Å². The quantitative estimate of drug-likeness (QED) is 0.573. The van der Waals surface area contributed by atoms with Crippen LogP contribution in [0.15, 0.2) is 0 Å². The van der Waals surface area contributed by atoms with Crippen molar-refractivity contribution in [1.82, 2.24) is 0 Å². The van der Waals surface area contributed by atoms with Crippen LogP contribution in [0.1, 0.15) is 19.3 Å². The van der Waals surface area contributed by atoms with Crippen molar-refractivity contribution in [3.05, 3.63) is 6.92 Å². The van der Waals surface area contributed by atoms with Crippen LogP contribution in [0.2, 0.25) is 0 Å². The molecule has 0 unspecified atom stereocenters. The van der Waals surface area contributed by atoms with Crippen LogP contribution >= 0.6 is 0 Å². The molecule has 0 aromatic rings. The Labute approximate surface area is 43.2 Å². The van der Waals surface area contributed by atoms with E-state index in [1.165, 1.54) is 0 Å². The van der Waals surface area contributed by atoms with Crippen molar-refractivity contribution in [3.8, 4) is 0 Å². The van der Waals surface area contributed by atoms with Gasteiger partial charge in [-0.3, -0.25) is 4.79 Å². The van der Waals surface area contributed by atoms with Crippen LogP contribution in [-0.2, 0) is 4.79 Å². The van der Waals surface area contributed by atoms with E-state index < -0.39 is 5.97 Å². The van der Waals surface area contributed by atoms with Crippen molar-refractivity contribution in [3.63, 3.8) is 0 Å². The first-order valence-electron chi connectivity index (χ1n) is 2.19. The summed E-state index contributed by atoms with van der Waals surface area (Å²) < 4.78 is 0. The van der Waals surface area contributed by atoms with Gasteiger partial charge in [0.1, 0.15) is 0 Å². The molecule has 1 N–H and O–H groups in total. The summed E-state index contributed by atoms with van der Waals surface area (Å²) in [4.78, 5) is 9.70. The number of carboxylic acids is 1. The van der Waals surface area contributed by atoms with E-state index in [2.05, 4.69) is 0 Å². The fourth-order valence-electron chi connectivity index (χ4n) is 0.253. The highest BCUT2D eigenvalue weighted by Gasteiger charge is 1.90. The summed E-state index contributed by atoms with van der Waals surface area (Å²) in [5.74, 6) is -0.773. The monoisotopic (exact) mass is 100 g/mol. The second-order valence-electron chi connectivity index (χ2n) is 1.29. The van der Waals surface area contributed by atoms with E-state index in [-0.39, 0.29) is 6.42 Å². The Morgan fingerprint density at radius 1 is 1.71 bits per heavy atom. The molecule has 0 aliphatic heterocycles. The fourth-order valence-corrected chi connectivity index (χ4v) is 0.253. The molecule has 7 heavy (non-hydrogen) atoms. The van der Waals surface area contributed by atoms with Crippen LogP contribution in [0.3, 0.4) is 0 Å². The van der Waals surface area contributed by atoms with E-state index in [4.69, 9.17) is 12.0 Å². The lowest BCUT2D eigenvalue weighted by atomic mass is 10.3. The Balaban J connectivity index is 2.82. The van der Waals surface area contributed by atoms with Crippen LogP contribution in [-0.4, -0.2) is 11.1 Å². The third kappa shape index (κ3) is 5.47. The molecular weight excluding hydrogens is 92.1 g/mol. The zero-order valence-electron chi connectivity index (χ0n) is 4.05. The maximum Gasteiger partial charge on any atom is 0.303 e. The van der Waals surface area contributed by atoms with Gasteiger partial charge in [-0.25, -0.2) is 0 Å². The average molecular weight is 100 g/mol. The minimum atomic E-state index is -0.773. The van der Waals surface area contributed by atoms with Gasteiger partial charge < -0.3 is 5.11 Å². The third-order valence-electron chi connectivity index (χ3n) is 0.595. The van der Waals surface area contributed by atoms with Crippen molar-refractivity contribution in [1.29, 1.82) is 0 Å². The number of hydrogen-bond donors (Lipinski definition) is 1. The van der Waals surface area contributed by atoms with E-state index in [0.717, 1.165) is 0 Å². The first-order valence-corrected chi connectivity index (χ1v) is 2.19. The van der Waals surface area contributed by atoms with E-state index in [1.807, 2.05) is 0 Å². The summed E-state index contributed by atoms with van der Waals surface area (Å²) >= 11 is 0. The maximum atomic E-state index is 9.70. The molecule has 2 heteroatoms. The highest BCUT2D eigenvalue weighted by molar-refractivity contribution is 5.66. The molecule has 0 atom stereocenters. The van der Waals surface area contributed by atoms with Gasteiger partial charge in [-0.1, -0.05) is 0 Å². The summed E-state index contributed by atoms with van der Waals surface area (Å²) in [6, 6.07) is 0. The second-order valence-corrected chi connectivity index (χ2v) is 1.29. The topological polar surface area (TPSA) is 37.3 Å². The molecule has 2 radical (unpaired) electrons. The highest BCUT2D eigenvalue weighted by Crippen LogP contribution is 1.90. The summed E-state index contributed by atoms with van der Waals surface area (Å²) in [5, 5.41) is 7.99. The Morgan fingerprint density at radius 2 is 2.29 bits per heavy atom. The molecule has 0 bridgehead atoms. The van der Waals surface area contributed by atoms with Crippen LogP contribution in [0.4, 0.5) is 0 Å². The Morgan fingerprint density at radius 3 is 2.43 bits per heavy atom. The predicted molar refractivity (Wildman–Crippen MR) is 25.8 cm³/mol. The van der Waals surface area contributed by atoms with Crippen molar-refractivity contribution in [2.75, 3.05) is 0 Å².